The molecule has 3 N–H and O–H groups in total. The molecule has 0 saturated carbocycles. The van der Waals surface area contributed by atoms with Crippen molar-refractivity contribution in [3.63, 3.8) is 0 Å². The smallest absolute Gasteiger partial charge is 0.386 e. The van der Waals surface area contributed by atoms with Crippen LogP contribution in [0.5, 0.6) is 0 Å². The van der Waals surface area contributed by atoms with Crippen molar-refractivity contribution in [2.24, 2.45) is 0 Å². The van der Waals surface area contributed by atoms with E-state index in [0.29, 0.717) is 15.9 Å². The molecule has 13 heteroatoms. The fraction of sp³-hybridized carbons (Fsp3) is 0.545. The molecule has 2 aliphatic heterocycles. The van der Waals surface area contributed by atoms with Gasteiger partial charge in [0.15, 0.2) is 27.9 Å². The molecule has 2 aromatic rings. The predicted octanol–water partition coefficient (Wildman–Crippen LogP) is 1.32. The summed E-state index contributed by atoms with van der Waals surface area (Å²) >= 11 is 4.31. The Morgan fingerprint density at radius 2 is 2.33 bits per heavy atom. The van der Waals surface area contributed by atoms with E-state index in [-0.39, 0.29) is 12.4 Å². The average molecular weight is 438 g/mol. The van der Waals surface area contributed by atoms with Crippen LogP contribution in [0.3, 0.4) is 0 Å². The van der Waals surface area contributed by atoms with Crippen molar-refractivity contribution in [2.75, 3.05) is 18.6 Å². The summed E-state index contributed by atoms with van der Waals surface area (Å²) < 4.78 is 30.8. The van der Waals surface area contributed by atoms with E-state index in [1.165, 1.54) is 6.33 Å². The van der Waals surface area contributed by atoms with Gasteiger partial charge in [0.2, 0.25) is 0 Å². The molecule has 4 heterocycles. The van der Waals surface area contributed by atoms with Gasteiger partial charge in [-0.25, -0.2) is 19.5 Å². The lowest BCUT2D eigenvalue weighted by Crippen LogP contribution is -2.38. The zero-order valence-corrected chi connectivity index (χ0v) is 15.6. The van der Waals surface area contributed by atoms with Gasteiger partial charge in [0.05, 0.1) is 6.61 Å². The maximum absolute atomic E-state index is 12.3. The van der Waals surface area contributed by atoms with Crippen molar-refractivity contribution >= 4 is 51.1 Å². The summed E-state index contributed by atoms with van der Waals surface area (Å²) in [4.78, 5) is 12.3. The molecule has 2 aliphatic rings. The largest absolute Gasteiger partial charge is 0.389 e. The van der Waals surface area contributed by atoms with Crippen LogP contribution in [0.1, 0.15) is 6.23 Å². The van der Waals surface area contributed by atoms with Gasteiger partial charge in [0.25, 0.3) is 0 Å². The van der Waals surface area contributed by atoms with Crippen LogP contribution in [0, 0.1) is 0 Å². The number of imidazole rings is 1. The molecule has 0 amide bonds. The molecule has 5 unspecified atom stereocenters. The Kier molecular flexibility index (Phi) is 4.11. The molecule has 2 aromatic heterocycles. The predicted molar refractivity (Wildman–Crippen MR) is 89.3 cm³/mol. The number of halogens is 1. The normalized spacial score (nSPS) is 36.1. The number of aliphatic hydroxyl groups excluding tert-OH is 1. The fourth-order valence-corrected chi connectivity index (χ4v) is 5.50. The summed E-state index contributed by atoms with van der Waals surface area (Å²) in [6.07, 6.45) is -0.318. The summed E-state index contributed by atoms with van der Waals surface area (Å²) in [6.45, 7) is -3.21. The Morgan fingerprint density at radius 1 is 1.54 bits per heavy atom. The number of hydrogen-bond donors (Lipinski definition) is 2. The van der Waals surface area contributed by atoms with Crippen LogP contribution in [0.15, 0.2) is 11.1 Å². The van der Waals surface area contributed by atoms with Crippen LogP contribution in [0.4, 0.5) is 5.82 Å². The lowest BCUT2D eigenvalue weighted by molar-refractivity contribution is -0.0569. The third-order valence-electron chi connectivity index (χ3n) is 3.90. The minimum absolute atomic E-state index is 0.0672. The number of aromatic nitrogens is 4. The first kappa shape index (κ1) is 16.7. The van der Waals surface area contributed by atoms with E-state index < -0.39 is 31.3 Å². The first-order chi connectivity index (χ1) is 11.4. The molecule has 0 aliphatic carbocycles. The molecule has 0 bridgehead atoms. The second kappa shape index (κ2) is 5.90. The quantitative estimate of drug-likeness (QED) is 0.522. The Bertz CT molecular complexity index is 852. The van der Waals surface area contributed by atoms with Crippen molar-refractivity contribution in [2.45, 2.75) is 24.5 Å². The van der Waals surface area contributed by atoms with E-state index in [1.54, 1.807) is 10.8 Å². The van der Waals surface area contributed by atoms with Crippen LogP contribution < -0.4 is 5.73 Å². The molecule has 2 saturated heterocycles. The molecule has 24 heavy (non-hydrogen) atoms. The van der Waals surface area contributed by atoms with Gasteiger partial charge in [0.1, 0.15) is 24.6 Å². The molecule has 10 nitrogen and oxygen atoms in total. The topological polar surface area (TPSA) is 135 Å². The van der Waals surface area contributed by atoms with Crippen LogP contribution in [-0.2, 0) is 18.3 Å². The zero-order valence-electron chi connectivity index (χ0n) is 12.3. The number of aliphatic hydroxyl groups is 1. The average Bonchev–Trinajstić information content (AvgIpc) is 3.05. The Labute approximate surface area is 148 Å². The van der Waals surface area contributed by atoms with Gasteiger partial charge < -0.3 is 15.6 Å². The van der Waals surface area contributed by atoms with Gasteiger partial charge in [0, 0.05) is 0 Å². The van der Waals surface area contributed by atoms with E-state index in [9.17, 15) is 9.67 Å². The minimum atomic E-state index is -3.28. The van der Waals surface area contributed by atoms with Gasteiger partial charge in [-0.3, -0.25) is 13.6 Å². The highest BCUT2D eigenvalue weighted by molar-refractivity contribution is 9.10. The van der Waals surface area contributed by atoms with E-state index in [2.05, 4.69) is 30.9 Å². The molecular formula is C11H13BrN5O5PS. The van der Waals surface area contributed by atoms with E-state index in [4.69, 9.17) is 19.5 Å². The van der Waals surface area contributed by atoms with E-state index >= 15 is 0 Å². The fourth-order valence-electron chi connectivity index (χ4n) is 2.76. The third kappa shape index (κ3) is 2.48. The van der Waals surface area contributed by atoms with Crippen LogP contribution >= 0.6 is 34.1 Å². The molecular weight excluding hydrogens is 425 g/mol. The molecule has 0 radical (unpaired) electrons. The second-order valence-corrected chi connectivity index (χ2v) is 10.1. The molecule has 4 rings (SSSR count). The summed E-state index contributed by atoms with van der Waals surface area (Å²) in [7, 11) is 0. The maximum Gasteiger partial charge on any atom is 0.389 e. The monoisotopic (exact) mass is 437 g/mol. The van der Waals surface area contributed by atoms with Crippen LogP contribution in [0.2, 0.25) is 0 Å². The molecule has 5 atom stereocenters. The van der Waals surface area contributed by atoms with Crippen molar-refractivity contribution in [3.8, 4) is 0 Å². The Hall–Kier alpha value is -0.750. The van der Waals surface area contributed by atoms with Crippen molar-refractivity contribution in [1.82, 2.24) is 19.5 Å². The summed E-state index contributed by atoms with van der Waals surface area (Å²) in [5.74, 6) is 0.218. The maximum atomic E-state index is 12.3. The summed E-state index contributed by atoms with van der Waals surface area (Å²) in [5.41, 5.74) is 6.61. The highest BCUT2D eigenvalue weighted by Crippen LogP contribution is 2.64. The third-order valence-corrected chi connectivity index (χ3v) is 7.79. The van der Waals surface area contributed by atoms with Gasteiger partial charge in [-0.15, -0.1) is 0 Å². The SMILES string of the molecule is CSP1(=O)OCC2OC(n3c(Br)nc4c(N)ncnc43)C(O)C2O1. The van der Waals surface area contributed by atoms with Gasteiger partial charge in [-0.2, -0.15) is 0 Å². The number of nitrogen functional groups attached to an aromatic ring is 1. The lowest BCUT2D eigenvalue weighted by atomic mass is 10.1. The highest BCUT2D eigenvalue weighted by atomic mass is 79.9. The van der Waals surface area contributed by atoms with E-state index in [0.717, 1.165) is 11.4 Å². The zero-order chi connectivity index (χ0) is 17.1. The number of rotatable bonds is 2. The standard InChI is InChI=1S/C11H13BrN5O5PS/c1-24-23(19)20-2-4-7(22-23)6(18)10(21-4)17-9-5(16-11(17)12)8(13)14-3-15-9/h3-4,6-7,10,18H,2H2,1H3,(H2,13,14,15). The van der Waals surface area contributed by atoms with Crippen molar-refractivity contribution < 1.29 is 23.5 Å². The summed E-state index contributed by atoms with van der Waals surface area (Å²) in [6, 6.07) is 0. The number of nitrogens with two attached hydrogens (primary N) is 1. The number of anilines is 1. The summed E-state index contributed by atoms with van der Waals surface area (Å²) in [5, 5.41) is 10.7. The molecule has 130 valence electrons. The number of fused-ring (bicyclic) bond motifs is 2. The van der Waals surface area contributed by atoms with Crippen LogP contribution in [-0.4, -0.2) is 55.8 Å². The molecule has 2 fully saturated rings. The molecule has 0 spiro atoms. The first-order valence-corrected chi connectivity index (χ1v) is 11.1. The van der Waals surface area contributed by atoms with Crippen LogP contribution in [0.25, 0.3) is 11.2 Å². The number of ether oxygens (including phenoxy) is 1. The van der Waals surface area contributed by atoms with Gasteiger partial charge >= 0.3 is 6.80 Å². The van der Waals surface area contributed by atoms with Gasteiger partial charge in [-0.1, -0.05) is 0 Å². The number of hydrogen-bond acceptors (Lipinski definition) is 10. The molecule has 0 aromatic carbocycles. The lowest BCUT2D eigenvalue weighted by Gasteiger charge is -2.30. The van der Waals surface area contributed by atoms with Crippen molar-refractivity contribution in [3.05, 3.63) is 11.1 Å². The Morgan fingerprint density at radius 3 is 3.08 bits per heavy atom. The van der Waals surface area contributed by atoms with E-state index in [1.807, 2.05) is 0 Å². The second-order valence-electron chi connectivity index (χ2n) is 5.23. The number of nitrogens with zero attached hydrogens (tertiary/aromatic N) is 4. The highest BCUT2D eigenvalue weighted by Gasteiger charge is 2.53. The first-order valence-electron chi connectivity index (χ1n) is 6.89. The minimum Gasteiger partial charge on any atom is -0.386 e. The van der Waals surface area contributed by atoms with Crippen molar-refractivity contribution in [1.29, 1.82) is 0 Å². The Balaban J connectivity index is 1.73. The van der Waals surface area contributed by atoms with Gasteiger partial charge in [-0.05, 0) is 33.6 Å².